The van der Waals surface area contributed by atoms with Crippen LogP contribution in [-0.4, -0.2) is 72.0 Å². The molecule has 1 fully saturated rings. The van der Waals surface area contributed by atoms with E-state index in [2.05, 4.69) is 0 Å². The zero-order valence-electron chi connectivity index (χ0n) is 18.8. The minimum absolute atomic E-state index is 0.375. The number of benzene rings is 2. The molecule has 0 amide bonds. The standard InChI is InChI=1S/C24H30O9/c1-14(2)31-24(28)30-13-19-20(25)21(26)22(27)23(33-19)32-18-7-5-4-6-16(18)12-15-8-10-17(29-3)11-9-15/h4-11,14,19-23,25-27H,12-13H2,1-3H3/t19-,20-,21+,22-,23?/m1/s1. The molecule has 1 aliphatic heterocycles. The van der Waals surface area contributed by atoms with E-state index in [9.17, 15) is 20.1 Å². The van der Waals surface area contributed by atoms with Gasteiger partial charge in [-0.3, -0.25) is 0 Å². The summed E-state index contributed by atoms with van der Waals surface area (Å²) in [4.78, 5) is 11.6. The van der Waals surface area contributed by atoms with E-state index in [0.717, 1.165) is 16.9 Å². The van der Waals surface area contributed by atoms with Gasteiger partial charge < -0.3 is 39.0 Å². The first-order valence-electron chi connectivity index (χ1n) is 10.7. The van der Waals surface area contributed by atoms with Crippen LogP contribution in [0.3, 0.4) is 0 Å². The average Bonchev–Trinajstić information content (AvgIpc) is 2.80. The number of hydrogen-bond donors (Lipinski definition) is 3. The second kappa shape index (κ2) is 11.3. The summed E-state index contributed by atoms with van der Waals surface area (Å²) >= 11 is 0. The van der Waals surface area contributed by atoms with Gasteiger partial charge in [-0.25, -0.2) is 4.79 Å². The first-order valence-corrected chi connectivity index (χ1v) is 10.7. The molecule has 0 saturated carbocycles. The number of ether oxygens (including phenoxy) is 5. The fraction of sp³-hybridized carbons (Fsp3) is 0.458. The summed E-state index contributed by atoms with van der Waals surface area (Å²) in [7, 11) is 1.60. The van der Waals surface area contributed by atoms with Crippen LogP contribution >= 0.6 is 0 Å². The third kappa shape index (κ3) is 6.58. The third-order valence-corrected chi connectivity index (χ3v) is 5.14. The lowest BCUT2D eigenvalue weighted by molar-refractivity contribution is -0.278. The molecular weight excluding hydrogens is 432 g/mol. The molecule has 0 aliphatic carbocycles. The third-order valence-electron chi connectivity index (χ3n) is 5.14. The molecule has 5 atom stereocenters. The van der Waals surface area contributed by atoms with Crippen LogP contribution in [0.5, 0.6) is 11.5 Å². The molecule has 2 aromatic rings. The fourth-order valence-electron chi connectivity index (χ4n) is 3.38. The van der Waals surface area contributed by atoms with Gasteiger partial charge in [-0.05, 0) is 43.2 Å². The van der Waals surface area contributed by atoms with E-state index in [4.69, 9.17) is 23.7 Å². The number of methoxy groups -OCH3 is 1. The molecule has 1 unspecified atom stereocenters. The Morgan fingerprint density at radius 2 is 1.70 bits per heavy atom. The molecule has 0 spiro atoms. The summed E-state index contributed by atoms with van der Waals surface area (Å²) in [5.74, 6) is 1.19. The predicted molar refractivity (Wildman–Crippen MR) is 117 cm³/mol. The minimum atomic E-state index is -1.56. The van der Waals surface area contributed by atoms with Crippen molar-refractivity contribution < 1.29 is 43.8 Å². The van der Waals surface area contributed by atoms with Gasteiger partial charge in [0.1, 0.15) is 42.5 Å². The van der Waals surface area contributed by atoms with Gasteiger partial charge in [-0.15, -0.1) is 0 Å². The predicted octanol–water partition coefficient (Wildman–Crippen LogP) is 2.03. The van der Waals surface area contributed by atoms with Crippen LogP contribution in [0.1, 0.15) is 25.0 Å². The van der Waals surface area contributed by atoms with Gasteiger partial charge in [-0.1, -0.05) is 30.3 Å². The molecule has 0 radical (unpaired) electrons. The maximum atomic E-state index is 11.6. The summed E-state index contributed by atoms with van der Waals surface area (Å²) in [5.41, 5.74) is 1.84. The van der Waals surface area contributed by atoms with Gasteiger partial charge >= 0.3 is 6.16 Å². The topological polar surface area (TPSA) is 124 Å². The Hall–Kier alpha value is -2.85. The van der Waals surface area contributed by atoms with Gasteiger partial charge in [0.15, 0.2) is 0 Å². The largest absolute Gasteiger partial charge is 0.508 e. The van der Waals surface area contributed by atoms with Crippen LogP contribution in [0.2, 0.25) is 0 Å². The summed E-state index contributed by atoms with van der Waals surface area (Å²) in [6.45, 7) is 2.95. The van der Waals surface area contributed by atoms with Crippen molar-refractivity contribution in [2.75, 3.05) is 13.7 Å². The number of aliphatic hydroxyl groups excluding tert-OH is 3. The van der Waals surface area contributed by atoms with Gasteiger partial charge in [0.05, 0.1) is 13.2 Å². The smallest absolute Gasteiger partial charge is 0.497 e. The van der Waals surface area contributed by atoms with Gasteiger partial charge in [0, 0.05) is 6.42 Å². The molecule has 3 rings (SSSR count). The van der Waals surface area contributed by atoms with E-state index in [1.807, 2.05) is 36.4 Å². The van der Waals surface area contributed by atoms with Crippen molar-refractivity contribution in [3.05, 3.63) is 59.7 Å². The Kier molecular flexibility index (Phi) is 8.51. The van der Waals surface area contributed by atoms with E-state index in [-0.39, 0.29) is 12.7 Å². The van der Waals surface area contributed by atoms with Crippen molar-refractivity contribution in [1.29, 1.82) is 0 Å². The number of rotatable bonds is 8. The molecule has 9 nitrogen and oxygen atoms in total. The van der Waals surface area contributed by atoms with E-state index in [1.165, 1.54) is 0 Å². The minimum Gasteiger partial charge on any atom is -0.497 e. The first-order chi connectivity index (χ1) is 15.8. The maximum Gasteiger partial charge on any atom is 0.508 e. The van der Waals surface area contributed by atoms with Crippen LogP contribution in [0.15, 0.2) is 48.5 Å². The van der Waals surface area contributed by atoms with Gasteiger partial charge in [0.25, 0.3) is 0 Å². The summed E-state index contributed by atoms with van der Waals surface area (Å²) < 4.78 is 26.6. The van der Waals surface area contributed by atoms with Crippen molar-refractivity contribution in [1.82, 2.24) is 0 Å². The van der Waals surface area contributed by atoms with Crippen molar-refractivity contribution >= 4 is 6.16 Å². The average molecular weight is 462 g/mol. The highest BCUT2D eigenvalue weighted by Gasteiger charge is 2.45. The van der Waals surface area contributed by atoms with Crippen molar-refractivity contribution in [2.45, 2.75) is 57.1 Å². The van der Waals surface area contributed by atoms with E-state index < -0.39 is 36.9 Å². The van der Waals surface area contributed by atoms with Crippen molar-refractivity contribution in [3.8, 4) is 11.5 Å². The highest BCUT2D eigenvalue weighted by atomic mass is 16.7. The summed E-state index contributed by atoms with van der Waals surface area (Å²) in [6.07, 6.45) is -7.75. The Morgan fingerprint density at radius 1 is 1.00 bits per heavy atom. The number of aliphatic hydroxyl groups is 3. The molecule has 2 aromatic carbocycles. The van der Waals surface area contributed by atoms with Crippen LogP contribution in [0.25, 0.3) is 0 Å². The number of para-hydroxylation sites is 1. The molecule has 0 aromatic heterocycles. The number of hydrogen-bond acceptors (Lipinski definition) is 9. The maximum absolute atomic E-state index is 11.6. The van der Waals surface area contributed by atoms with Crippen LogP contribution in [-0.2, 0) is 20.6 Å². The second-order valence-corrected chi connectivity index (χ2v) is 7.99. The quantitative estimate of drug-likeness (QED) is 0.506. The van der Waals surface area contributed by atoms with E-state index in [1.54, 1.807) is 33.1 Å². The Morgan fingerprint density at radius 3 is 2.36 bits per heavy atom. The molecule has 1 saturated heterocycles. The molecule has 3 N–H and O–H groups in total. The van der Waals surface area contributed by atoms with Crippen molar-refractivity contribution in [2.24, 2.45) is 0 Å². The number of carbonyl (C=O) groups is 1. The highest BCUT2D eigenvalue weighted by Crippen LogP contribution is 2.28. The zero-order chi connectivity index (χ0) is 24.0. The van der Waals surface area contributed by atoms with E-state index >= 15 is 0 Å². The number of carbonyl (C=O) groups excluding carboxylic acids is 1. The molecule has 1 aliphatic rings. The molecule has 0 bridgehead atoms. The SMILES string of the molecule is COc1ccc(Cc2ccccc2OC2O[C@H](COC(=O)OC(C)C)[C@@H](O)[C@H](O)[C@H]2O)cc1. The lowest BCUT2D eigenvalue weighted by atomic mass is 9.99. The van der Waals surface area contributed by atoms with Crippen molar-refractivity contribution in [3.63, 3.8) is 0 Å². The van der Waals surface area contributed by atoms with Gasteiger partial charge in [-0.2, -0.15) is 0 Å². The second-order valence-electron chi connectivity index (χ2n) is 7.99. The summed E-state index contributed by atoms with van der Waals surface area (Å²) in [5, 5.41) is 30.9. The molecule has 180 valence electrons. The zero-order valence-corrected chi connectivity index (χ0v) is 18.8. The first kappa shape index (κ1) is 24.8. The molecular formula is C24H30O9. The summed E-state index contributed by atoms with van der Waals surface area (Å²) in [6, 6.07) is 14.8. The monoisotopic (exact) mass is 462 g/mol. The normalized spacial score (nSPS) is 24.9. The van der Waals surface area contributed by atoms with Gasteiger partial charge in [0.2, 0.25) is 6.29 Å². The Bertz CT molecular complexity index is 899. The Labute approximate surface area is 192 Å². The lowest BCUT2D eigenvalue weighted by Gasteiger charge is -2.40. The van der Waals surface area contributed by atoms with E-state index in [0.29, 0.717) is 12.2 Å². The lowest BCUT2D eigenvalue weighted by Crippen LogP contribution is -2.60. The molecule has 1 heterocycles. The highest BCUT2D eigenvalue weighted by molar-refractivity contribution is 5.60. The molecule has 9 heteroatoms. The molecule has 33 heavy (non-hydrogen) atoms. The van der Waals surface area contributed by atoms with Crippen LogP contribution < -0.4 is 9.47 Å². The Balaban J connectivity index is 1.70. The van der Waals surface area contributed by atoms with Crippen LogP contribution in [0.4, 0.5) is 4.79 Å². The van der Waals surface area contributed by atoms with Crippen LogP contribution in [0, 0.1) is 0 Å². The fourth-order valence-corrected chi connectivity index (χ4v) is 3.38.